The quantitative estimate of drug-likeness (QED) is 0.824. The zero-order valence-electron chi connectivity index (χ0n) is 10.1. The zero-order valence-corrected chi connectivity index (χ0v) is 10.9. The maximum absolute atomic E-state index is 12.8. The highest BCUT2D eigenvalue weighted by atomic mass is 32.1. The van der Waals surface area contributed by atoms with Crippen LogP contribution in [0.4, 0.5) is 24.5 Å². The highest BCUT2D eigenvalue weighted by Crippen LogP contribution is 2.34. The smallest absolute Gasteiger partial charge is 0.332 e. The minimum Gasteiger partial charge on any atom is -0.332 e. The topological polar surface area (TPSA) is 37.0 Å². The average molecular weight is 297 g/mol. The van der Waals surface area contributed by atoms with Crippen LogP contribution >= 0.6 is 12.2 Å². The summed E-state index contributed by atoms with van der Waals surface area (Å²) in [6, 6.07) is 8.54. The van der Waals surface area contributed by atoms with Gasteiger partial charge in [0.15, 0.2) is 5.11 Å². The zero-order chi connectivity index (χ0) is 14.6. The van der Waals surface area contributed by atoms with E-state index < -0.39 is 11.7 Å². The van der Waals surface area contributed by atoms with Gasteiger partial charge in [-0.05, 0) is 36.5 Å². The number of pyridine rings is 1. The summed E-state index contributed by atoms with van der Waals surface area (Å²) in [5.41, 5.74) is -0.272. The highest BCUT2D eigenvalue weighted by molar-refractivity contribution is 7.80. The van der Waals surface area contributed by atoms with Crippen LogP contribution in [0.25, 0.3) is 0 Å². The van der Waals surface area contributed by atoms with E-state index in [0.717, 1.165) is 6.07 Å². The first-order valence-corrected chi connectivity index (χ1v) is 6.02. The first kappa shape index (κ1) is 14.3. The molecule has 0 spiro atoms. The monoisotopic (exact) mass is 297 g/mol. The summed E-state index contributed by atoms with van der Waals surface area (Å²) in [6.07, 6.45) is -1.34. The molecular formula is C13H10F3N3S. The van der Waals surface area contributed by atoms with Gasteiger partial charge in [0.1, 0.15) is 0 Å². The second-order valence-corrected chi connectivity index (χ2v) is 4.27. The maximum Gasteiger partial charge on any atom is 0.418 e. The van der Waals surface area contributed by atoms with Crippen LogP contribution in [0, 0.1) is 0 Å². The summed E-state index contributed by atoms with van der Waals surface area (Å²) in [5, 5.41) is 5.36. The largest absolute Gasteiger partial charge is 0.418 e. The fraction of sp³-hybridized carbons (Fsp3) is 0.0769. The number of halogens is 3. The van der Waals surface area contributed by atoms with Crippen molar-refractivity contribution < 1.29 is 13.2 Å². The van der Waals surface area contributed by atoms with Gasteiger partial charge in [0, 0.05) is 6.20 Å². The van der Waals surface area contributed by atoms with Crippen LogP contribution in [-0.2, 0) is 6.18 Å². The van der Waals surface area contributed by atoms with E-state index in [1.54, 1.807) is 18.3 Å². The number of rotatable bonds is 2. The number of hydrogen-bond donors (Lipinski definition) is 2. The van der Waals surface area contributed by atoms with E-state index in [1.807, 2.05) is 0 Å². The van der Waals surface area contributed by atoms with E-state index in [4.69, 9.17) is 12.2 Å². The number of aromatic nitrogens is 1. The minimum absolute atomic E-state index is 0.0645. The third kappa shape index (κ3) is 3.67. The molecule has 2 rings (SSSR count). The van der Waals surface area contributed by atoms with E-state index in [2.05, 4.69) is 15.6 Å². The lowest BCUT2D eigenvalue weighted by molar-refractivity contribution is -0.136. The lowest BCUT2D eigenvalue weighted by Gasteiger charge is -2.15. The lowest BCUT2D eigenvalue weighted by atomic mass is 10.1. The van der Waals surface area contributed by atoms with Gasteiger partial charge in [0.05, 0.1) is 23.1 Å². The fourth-order valence-corrected chi connectivity index (χ4v) is 1.79. The van der Waals surface area contributed by atoms with Gasteiger partial charge in [-0.2, -0.15) is 13.2 Å². The van der Waals surface area contributed by atoms with E-state index >= 15 is 0 Å². The van der Waals surface area contributed by atoms with Crippen molar-refractivity contribution in [1.82, 2.24) is 4.98 Å². The summed E-state index contributed by atoms with van der Waals surface area (Å²) in [4.78, 5) is 3.87. The normalized spacial score (nSPS) is 10.9. The minimum atomic E-state index is -4.44. The Labute approximate surface area is 118 Å². The first-order valence-electron chi connectivity index (χ1n) is 5.61. The van der Waals surface area contributed by atoms with Crippen LogP contribution in [0.3, 0.4) is 0 Å². The molecule has 2 aromatic rings. The molecule has 0 saturated heterocycles. The summed E-state index contributed by atoms with van der Waals surface area (Å²) in [5.74, 6) is 0. The average Bonchev–Trinajstić information content (AvgIpc) is 2.39. The Morgan fingerprint density at radius 1 is 1.05 bits per heavy atom. The summed E-state index contributed by atoms with van der Waals surface area (Å²) >= 11 is 4.98. The molecule has 104 valence electrons. The molecule has 3 nitrogen and oxygen atoms in total. The van der Waals surface area contributed by atoms with Gasteiger partial charge >= 0.3 is 6.18 Å². The van der Waals surface area contributed by atoms with Crippen LogP contribution in [0.5, 0.6) is 0 Å². The van der Waals surface area contributed by atoms with E-state index in [1.165, 1.54) is 24.4 Å². The van der Waals surface area contributed by atoms with Crippen molar-refractivity contribution in [2.75, 3.05) is 10.6 Å². The Hall–Kier alpha value is -2.15. The van der Waals surface area contributed by atoms with Crippen molar-refractivity contribution in [1.29, 1.82) is 0 Å². The second-order valence-electron chi connectivity index (χ2n) is 3.86. The first-order chi connectivity index (χ1) is 9.47. The van der Waals surface area contributed by atoms with E-state index in [9.17, 15) is 13.2 Å². The third-order valence-electron chi connectivity index (χ3n) is 2.40. The number of alkyl halides is 3. The molecule has 0 fully saturated rings. The Balaban J connectivity index is 2.13. The van der Waals surface area contributed by atoms with Gasteiger partial charge in [0.2, 0.25) is 0 Å². The van der Waals surface area contributed by atoms with Crippen molar-refractivity contribution in [3.63, 3.8) is 0 Å². The van der Waals surface area contributed by atoms with E-state index in [0.29, 0.717) is 5.69 Å². The SMILES string of the molecule is FC(F)(F)c1ccccc1NC(=S)Nc1cccnc1. The summed E-state index contributed by atoms with van der Waals surface area (Å²) in [7, 11) is 0. The molecule has 20 heavy (non-hydrogen) atoms. The van der Waals surface area contributed by atoms with Gasteiger partial charge in [0.25, 0.3) is 0 Å². The molecule has 1 aromatic heterocycles. The van der Waals surface area contributed by atoms with Crippen LogP contribution < -0.4 is 10.6 Å². The number of thiocarbonyl (C=S) groups is 1. The highest BCUT2D eigenvalue weighted by Gasteiger charge is 2.33. The summed E-state index contributed by atoms with van der Waals surface area (Å²) in [6.45, 7) is 0. The standard InChI is InChI=1S/C13H10F3N3S/c14-13(15,16)10-5-1-2-6-11(10)19-12(20)18-9-4-3-7-17-8-9/h1-8H,(H2,18,19,20). The van der Waals surface area contributed by atoms with Crippen LogP contribution in [0.15, 0.2) is 48.8 Å². The molecular weight excluding hydrogens is 287 g/mol. The number of nitrogens with one attached hydrogen (secondary N) is 2. The maximum atomic E-state index is 12.8. The molecule has 0 aliphatic carbocycles. The molecule has 0 aliphatic rings. The van der Waals surface area contributed by atoms with Crippen LogP contribution in [0.2, 0.25) is 0 Å². The van der Waals surface area contributed by atoms with Crippen molar-refractivity contribution in [3.8, 4) is 0 Å². The van der Waals surface area contributed by atoms with Crippen molar-refractivity contribution >= 4 is 28.7 Å². The van der Waals surface area contributed by atoms with Gasteiger partial charge in [-0.15, -0.1) is 0 Å². The number of nitrogens with zero attached hydrogens (tertiary/aromatic N) is 1. The molecule has 0 amide bonds. The van der Waals surface area contributed by atoms with Crippen molar-refractivity contribution in [2.24, 2.45) is 0 Å². The molecule has 0 unspecified atom stereocenters. The van der Waals surface area contributed by atoms with E-state index in [-0.39, 0.29) is 10.8 Å². The molecule has 0 radical (unpaired) electrons. The molecule has 7 heteroatoms. The molecule has 1 aromatic carbocycles. The Kier molecular flexibility index (Phi) is 4.19. The number of para-hydroxylation sites is 1. The predicted octanol–water partition coefficient (Wildman–Crippen LogP) is 3.91. The van der Waals surface area contributed by atoms with Gasteiger partial charge in [-0.3, -0.25) is 4.98 Å². The van der Waals surface area contributed by atoms with Crippen molar-refractivity contribution in [2.45, 2.75) is 6.18 Å². The fourth-order valence-electron chi connectivity index (χ4n) is 1.56. The lowest BCUT2D eigenvalue weighted by Crippen LogP contribution is -2.21. The number of anilines is 2. The number of hydrogen-bond acceptors (Lipinski definition) is 2. The molecule has 0 saturated carbocycles. The second kappa shape index (κ2) is 5.87. The Morgan fingerprint density at radius 3 is 2.45 bits per heavy atom. The molecule has 2 N–H and O–H groups in total. The predicted molar refractivity (Wildman–Crippen MR) is 75.5 cm³/mol. The van der Waals surface area contributed by atoms with Crippen LogP contribution in [-0.4, -0.2) is 10.1 Å². The number of benzene rings is 1. The molecule has 0 aliphatic heterocycles. The molecule has 0 atom stereocenters. The molecule has 1 heterocycles. The molecule has 0 bridgehead atoms. The van der Waals surface area contributed by atoms with Gasteiger partial charge < -0.3 is 10.6 Å². The summed E-state index contributed by atoms with van der Waals surface area (Å²) < 4.78 is 38.4. The van der Waals surface area contributed by atoms with Crippen molar-refractivity contribution in [3.05, 3.63) is 54.4 Å². The van der Waals surface area contributed by atoms with Gasteiger partial charge in [-0.1, -0.05) is 12.1 Å². The Bertz CT molecular complexity index is 599. The third-order valence-corrected chi connectivity index (χ3v) is 2.60. The Morgan fingerprint density at radius 2 is 1.80 bits per heavy atom. The van der Waals surface area contributed by atoms with Crippen LogP contribution in [0.1, 0.15) is 5.56 Å². The van der Waals surface area contributed by atoms with Gasteiger partial charge in [-0.25, -0.2) is 0 Å².